The van der Waals surface area contributed by atoms with Crippen LogP contribution in [0, 0.1) is 5.92 Å². The van der Waals surface area contributed by atoms with E-state index in [9.17, 15) is 9.59 Å². The summed E-state index contributed by atoms with van der Waals surface area (Å²) in [6, 6.07) is 7.20. The maximum Gasteiger partial charge on any atom is 0.289 e. The van der Waals surface area contributed by atoms with Gasteiger partial charge in [0.05, 0.1) is 18.1 Å². The third kappa shape index (κ3) is 4.48. The molecule has 0 aromatic carbocycles. The molecule has 7 heteroatoms. The molecule has 0 atom stereocenters. The average molecular weight is 370 g/mol. The van der Waals surface area contributed by atoms with Gasteiger partial charge in [-0.3, -0.25) is 9.59 Å². The Morgan fingerprint density at radius 1 is 1.15 bits per heavy atom. The van der Waals surface area contributed by atoms with Crippen molar-refractivity contribution >= 4 is 23.3 Å². The van der Waals surface area contributed by atoms with Gasteiger partial charge in [-0.05, 0) is 37.1 Å². The lowest BCUT2D eigenvalue weighted by Gasteiger charge is -2.35. The number of rotatable bonds is 6. The SMILES string of the molecule is CCC(CC)C(=O)Nc1ccc(N2CCN(C(=O)c3ccco3)CC2)cn1. The van der Waals surface area contributed by atoms with E-state index in [1.54, 1.807) is 23.2 Å². The van der Waals surface area contributed by atoms with Gasteiger partial charge in [-0.25, -0.2) is 4.98 Å². The second kappa shape index (κ2) is 8.70. The number of aromatic nitrogens is 1. The molecule has 2 aromatic heterocycles. The summed E-state index contributed by atoms with van der Waals surface area (Å²) in [5.41, 5.74) is 0.987. The number of hydrogen-bond acceptors (Lipinski definition) is 5. The molecular formula is C20H26N4O3. The predicted molar refractivity (Wildman–Crippen MR) is 104 cm³/mol. The van der Waals surface area contributed by atoms with E-state index in [1.165, 1.54) is 6.26 Å². The van der Waals surface area contributed by atoms with Crippen LogP contribution >= 0.6 is 0 Å². The predicted octanol–water partition coefficient (Wildman–Crippen LogP) is 3.01. The maximum absolute atomic E-state index is 12.3. The van der Waals surface area contributed by atoms with Crippen LogP contribution in [0.25, 0.3) is 0 Å². The van der Waals surface area contributed by atoms with Crippen LogP contribution in [0.15, 0.2) is 41.1 Å². The number of carbonyl (C=O) groups excluding carboxylic acids is 2. The number of nitrogens with zero attached hydrogens (tertiary/aromatic N) is 3. The van der Waals surface area contributed by atoms with Crippen LogP contribution in [0.3, 0.4) is 0 Å². The number of nitrogens with one attached hydrogen (secondary N) is 1. The molecule has 0 aliphatic carbocycles. The Bertz CT molecular complexity index is 746. The first-order valence-electron chi connectivity index (χ1n) is 9.47. The minimum absolute atomic E-state index is 0.0188. The van der Waals surface area contributed by atoms with Crippen molar-refractivity contribution in [1.29, 1.82) is 0 Å². The van der Waals surface area contributed by atoms with E-state index in [4.69, 9.17) is 4.42 Å². The first-order valence-corrected chi connectivity index (χ1v) is 9.47. The Morgan fingerprint density at radius 3 is 2.44 bits per heavy atom. The lowest BCUT2D eigenvalue weighted by atomic mass is 10.0. The van der Waals surface area contributed by atoms with Crippen LogP contribution in [0.5, 0.6) is 0 Å². The van der Waals surface area contributed by atoms with Gasteiger partial charge in [0.2, 0.25) is 5.91 Å². The van der Waals surface area contributed by atoms with E-state index in [-0.39, 0.29) is 17.7 Å². The topological polar surface area (TPSA) is 78.7 Å². The van der Waals surface area contributed by atoms with Crippen molar-refractivity contribution in [3.8, 4) is 0 Å². The second-order valence-corrected chi connectivity index (χ2v) is 6.66. The van der Waals surface area contributed by atoms with Gasteiger partial charge in [0, 0.05) is 32.1 Å². The Hall–Kier alpha value is -2.83. The maximum atomic E-state index is 12.3. The van der Waals surface area contributed by atoms with Crippen LogP contribution in [-0.2, 0) is 4.79 Å². The third-order valence-electron chi connectivity index (χ3n) is 5.02. The molecular weight excluding hydrogens is 344 g/mol. The molecule has 3 rings (SSSR count). The minimum Gasteiger partial charge on any atom is -0.459 e. The van der Waals surface area contributed by atoms with Crippen molar-refractivity contribution in [3.05, 3.63) is 42.5 Å². The molecule has 2 amide bonds. The molecule has 27 heavy (non-hydrogen) atoms. The molecule has 1 aliphatic rings. The first-order chi connectivity index (χ1) is 13.1. The summed E-state index contributed by atoms with van der Waals surface area (Å²) in [6.07, 6.45) is 4.92. The molecule has 144 valence electrons. The Kier molecular flexibility index (Phi) is 6.11. The summed E-state index contributed by atoms with van der Waals surface area (Å²) in [6.45, 7) is 6.75. The number of furan rings is 1. The van der Waals surface area contributed by atoms with Gasteiger partial charge in [-0.1, -0.05) is 13.8 Å². The highest BCUT2D eigenvalue weighted by atomic mass is 16.3. The highest BCUT2D eigenvalue weighted by Crippen LogP contribution is 2.19. The summed E-state index contributed by atoms with van der Waals surface area (Å²) in [5, 5.41) is 2.88. The smallest absolute Gasteiger partial charge is 0.289 e. The normalized spacial score (nSPS) is 14.5. The zero-order valence-electron chi connectivity index (χ0n) is 15.9. The van der Waals surface area contributed by atoms with Crippen molar-refractivity contribution in [2.45, 2.75) is 26.7 Å². The van der Waals surface area contributed by atoms with Crippen molar-refractivity contribution in [1.82, 2.24) is 9.88 Å². The van der Waals surface area contributed by atoms with E-state index in [1.807, 2.05) is 26.0 Å². The van der Waals surface area contributed by atoms with Gasteiger partial charge in [-0.15, -0.1) is 0 Å². The molecule has 0 spiro atoms. The Labute approximate surface area is 159 Å². The van der Waals surface area contributed by atoms with Gasteiger partial charge < -0.3 is 19.5 Å². The average Bonchev–Trinajstić information content (AvgIpc) is 3.24. The summed E-state index contributed by atoms with van der Waals surface area (Å²) in [5.74, 6) is 0.916. The summed E-state index contributed by atoms with van der Waals surface area (Å²) >= 11 is 0. The molecule has 0 bridgehead atoms. The van der Waals surface area contributed by atoms with Crippen LogP contribution in [-0.4, -0.2) is 47.9 Å². The fourth-order valence-corrected chi connectivity index (χ4v) is 3.26. The van der Waals surface area contributed by atoms with Gasteiger partial charge >= 0.3 is 0 Å². The van der Waals surface area contributed by atoms with Crippen molar-refractivity contribution in [3.63, 3.8) is 0 Å². The fraction of sp³-hybridized carbons (Fsp3) is 0.450. The summed E-state index contributed by atoms with van der Waals surface area (Å²) in [7, 11) is 0. The van der Waals surface area contributed by atoms with Crippen LogP contribution < -0.4 is 10.2 Å². The Balaban J connectivity index is 1.54. The van der Waals surface area contributed by atoms with Gasteiger partial charge in [0.15, 0.2) is 5.76 Å². The molecule has 1 aliphatic heterocycles. The van der Waals surface area contributed by atoms with Crippen LogP contribution in [0.1, 0.15) is 37.2 Å². The largest absolute Gasteiger partial charge is 0.459 e. The molecule has 2 aromatic rings. The quantitative estimate of drug-likeness (QED) is 0.846. The Morgan fingerprint density at radius 2 is 1.89 bits per heavy atom. The van der Waals surface area contributed by atoms with E-state index in [0.29, 0.717) is 24.7 Å². The number of carbonyl (C=O) groups is 2. The summed E-state index contributed by atoms with van der Waals surface area (Å²) in [4.78, 5) is 32.8. The molecule has 0 radical (unpaired) electrons. The molecule has 1 fully saturated rings. The van der Waals surface area contributed by atoms with Crippen LogP contribution in [0.2, 0.25) is 0 Å². The monoisotopic (exact) mass is 370 g/mol. The highest BCUT2D eigenvalue weighted by Gasteiger charge is 2.24. The highest BCUT2D eigenvalue weighted by molar-refractivity contribution is 5.92. The molecule has 1 saturated heterocycles. The minimum atomic E-state index is -0.0720. The lowest BCUT2D eigenvalue weighted by Crippen LogP contribution is -2.48. The number of piperazine rings is 1. The number of anilines is 2. The third-order valence-corrected chi connectivity index (χ3v) is 5.02. The lowest BCUT2D eigenvalue weighted by molar-refractivity contribution is -0.120. The van der Waals surface area contributed by atoms with Crippen LogP contribution in [0.4, 0.5) is 11.5 Å². The van der Waals surface area contributed by atoms with Crippen molar-refractivity contribution in [2.75, 3.05) is 36.4 Å². The van der Waals surface area contributed by atoms with E-state index < -0.39 is 0 Å². The second-order valence-electron chi connectivity index (χ2n) is 6.66. The van der Waals surface area contributed by atoms with Crippen molar-refractivity contribution in [2.24, 2.45) is 5.92 Å². The molecule has 0 unspecified atom stereocenters. The van der Waals surface area contributed by atoms with E-state index in [0.717, 1.165) is 31.6 Å². The molecule has 1 N–H and O–H groups in total. The zero-order valence-corrected chi connectivity index (χ0v) is 15.9. The molecule has 0 saturated carbocycles. The van der Waals surface area contributed by atoms with Gasteiger partial charge in [0.25, 0.3) is 5.91 Å². The van der Waals surface area contributed by atoms with Gasteiger partial charge in [0.1, 0.15) is 5.82 Å². The number of pyridine rings is 1. The molecule has 7 nitrogen and oxygen atoms in total. The summed E-state index contributed by atoms with van der Waals surface area (Å²) < 4.78 is 5.19. The van der Waals surface area contributed by atoms with Crippen molar-refractivity contribution < 1.29 is 14.0 Å². The van der Waals surface area contributed by atoms with E-state index in [2.05, 4.69) is 15.2 Å². The first kappa shape index (κ1) is 18.9. The zero-order chi connectivity index (χ0) is 19.2. The fourth-order valence-electron chi connectivity index (χ4n) is 3.26. The number of amides is 2. The molecule has 3 heterocycles. The number of hydrogen-bond donors (Lipinski definition) is 1. The standard InChI is InChI=1S/C20H26N4O3/c1-3-15(4-2)19(25)22-18-8-7-16(14-21-18)23-9-11-24(12-10-23)20(26)17-6-5-13-27-17/h5-8,13-15H,3-4,9-12H2,1-2H3,(H,21,22,25). The van der Waals surface area contributed by atoms with Gasteiger partial charge in [-0.2, -0.15) is 0 Å². The van der Waals surface area contributed by atoms with E-state index >= 15 is 0 Å².